The van der Waals surface area contributed by atoms with Gasteiger partial charge in [-0.3, -0.25) is 19.3 Å². The highest BCUT2D eigenvalue weighted by Crippen LogP contribution is 2.68. The van der Waals surface area contributed by atoms with Gasteiger partial charge in [-0.05, 0) is 54.2 Å². The summed E-state index contributed by atoms with van der Waals surface area (Å²) < 4.78 is 0. The van der Waals surface area contributed by atoms with E-state index in [1.807, 2.05) is 32.8 Å². The van der Waals surface area contributed by atoms with Crippen molar-refractivity contribution < 1.29 is 19.5 Å². The summed E-state index contributed by atoms with van der Waals surface area (Å²) in [5.41, 5.74) is 2.19. The van der Waals surface area contributed by atoms with Crippen LogP contribution in [0.15, 0.2) is 34.1 Å². The second-order valence-electron chi connectivity index (χ2n) is 11.5. The fourth-order valence-electron chi connectivity index (χ4n) is 7.46. The van der Waals surface area contributed by atoms with E-state index in [1.165, 1.54) is 11.3 Å². The van der Waals surface area contributed by atoms with Crippen LogP contribution in [-0.2, 0) is 14.4 Å². The first kappa shape index (κ1) is 24.7. The predicted octanol–water partition coefficient (Wildman–Crippen LogP) is 3.48. The largest absolute Gasteiger partial charge is 0.480 e. The Balaban J connectivity index is 1.40. The number of thiazole rings is 1. The number of thioether (sulfide) groups is 1. The quantitative estimate of drug-likeness (QED) is 0.539. The van der Waals surface area contributed by atoms with Crippen LogP contribution < -0.4 is 9.77 Å². The van der Waals surface area contributed by atoms with Gasteiger partial charge in [-0.2, -0.15) is 0 Å². The second kappa shape index (κ2) is 8.73. The zero-order chi connectivity index (χ0) is 26.3. The van der Waals surface area contributed by atoms with Crippen LogP contribution in [0, 0.1) is 35.5 Å². The summed E-state index contributed by atoms with van der Waals surface area (Å²) in [6.07, 6.45) is 1.04. The topological polar surface area (TPSA) is 111 Å². The monoisotopic (exact) mass is 541 g/mol. The van der Waals surface area contributed by atoms with Crippen LogP contribution in [0.25, 0.3) is 0 Å². The average molecular weight is 542 g/mol. The Bertz CT molecular complexity index is 1330. The van der Waals surface area contributed by atoms with E-state index in [4.69, 9.17) is 0 Å². The Labute approximate surface area is 223 Å². The first-order valence-corrected chi connectivity index (χ1v) is 14.5. The maximum Gasteiger partial charge on any atom is 0.326 e. The summed E-state index contributed by atoms with van der Waals surface area (Å²) >= 11 is 2.89. The van der Waals surface area contributed by atoms with Gasteiger partial charge < -0.3 is 15.0 Å². The van der Waals surface area contributed by atoms with Gasteiger partial charge in [0.15, 0.2) is 0 Å². The summed E-state index contributed by atoms with van der Waals surface area (Å²) in [5.74, 6) is -2.62. The summed E-state index contributed by atoms with van der Waals surface area (Å²) in [4.78, 5) is 59.1. The van der Waals surface area contributed by atoms with Gasteiger partial charge in [0.25, 0.3) is 0 Å². The van der Waals surface area contributed by atoms with E-state index in [0.29, 0.717) is 0 Å². The van der Waals surface area contributed by atoms with Crippen LogP contribution >= 0.6 is 23.1 Å². The van der Waals surface area contributed by atoms with Crippen LogP contribution in [0.5, 0.6) is 0 Å². The van der Waals surface area contributed by atoms with Gasteiger partial charge in [0.2, 0.25) is 11.8 Å². The number of H-pyrrole nitrogens is 1. The number of nitrogens with one attached hydrogen (secondary N) is 1. The molecule has 1 saturated heterocycles. The first-order valence-electron chi connectivity index (χ1n) is 12.8. The summed E-state index contributed by atoms with van der Waals surface area (Å²) in [6.45, 7) is 3.81. The van der Waals surface area contributed by atoms with Crippen LogP contribution in [-0.4, -0.2) is 58.2 Å². The fourth-order valence-corrected chi connectivity index (χ4v) is 10.4. The molecular formula is C27H31N3O5S2. The third-order valence-corrected chi connectivity index (χ3v) is 11.4. The molecule has 2 bridgehead atoms. The molecule has 3 heterocycles. The smallest absolute Gasteiger partial charge is 0.326 e. The molecule has 2 saturated carbocycles. The Hall–Kier alpha value is -2.59. The van der Waals surface area contributed by atoms with Gasteiger partial charge in [0.05, 0.1) is 16.9 Å². The molecular weight excluding hydrogens is 510 g/mol. The maximum atomic E-state index is 13.8. The van der Waals surface area contributed by atoms with E-state index in [2.05, 4.69) is 29.2 Å². The first-order chi connectivity index (χ1) is 17.6. The summed E-state index contributed by atoms with van der Waals surface area (Å²) in [7, 11) is 3.99. The normalized spacial score (nSPS) is 32.5. The number of amides is 2. The third-order valence-electron chi connectivity index (χ3n) is 8.82. The number of aliphatic carboxylic acids is 1. The molecule has 0 radical (unpaired) electrons. The number of carbonyl (C=O) groups is 3. The number of hydrogen-bond donors (Lipinski definition) is 2. The van der Waals surface area contributed by atoms with Crippen molar-refractivity contribution >= 4 is 46.6 Å². The highest BCUT2D eigenvalue weighted by molar-refractivity contribution is 8.00. The molecule has 0 spiro atoms. The molecule has 2 aromatic rings. The standard InChI is InChI=1S/C27H31N3O5S2/c1-11(2)9-16(26(33)34)30-24(31)19-14-10-15(20(19)25(30)32)21-18(14)17(22-23(36-21)28-27(35)37-22)12-5-7-13(8-6-12)29(3)4/h5-8,11,14-21H,9-10H2,1-4H3,(H,28,35)(H,33,34)/t14-,15+,16+,17+,18+,19+,20+,21-/m1/s1. The van der Waals surface area contributed by atoms with Crippen molar-refractivity contribution in [3.05, 3.63) is 44.4 Å². The third kappa shape index (κ3) is 3.62. The minimum absolute atomic E-state index is 0.0138. The van der Waals surface area contributed by atoms with E-state index in [0.717, 1.165) is 32.5 Å². The highest BCUT2D eigenvalue weighted by atomic mass is 32.2. The van der Waals surface area contributed by atoms with Crippen LogP contribution in [0.2, 0.25) is 0 Å². The molecule has 0 unspecified atom stereocenters. The Morgan fingerprint density at radius 3 is 2.35 bits per heavy atom. The van der Waals surface area contributed by atoms with Gasteiger partial charge in [0, 0.05) is 35.8 Å². The number of benzene rings is 1. The van der Waals surface area contributed by atoms with Gasteiger partial charge in [-0.1, -0.05) is 37.3 Å². The molecule has 8 atom stereocenters. The molecule has 3 fully saturated rings. The lowest BCUT2D eigenvalue weighted by molar-refractivity contribution is -0.156. The SMILES string of the molecule is CC(C)C[C@@H](C(=O)O)N1C(=O)[C@H]2[C@@H]3C[C@@H]([C@@H]2C1=O)[C@H]1[C@H](c2ccc(N(C)C)cc2)c2sc(=O)[nH]c2S[C@H]31. The second-order valence-corrected chi connectivity index (χ2v) is 13.7. The highest BCUT2D eigenvalue weighted by Gasteiger charge is 2.70. The van der Waals surface area contributed by atoms with Crippen LogP contribution in [0.3, 0.4) is 0 Å². The Morgan fingerprint density at radius 2 is 1.76 bits per heavy atom. The number of carboxylic acid groups (broad SMARTS) is 1. The lowest BCUT2D eigenvalue weighted by Gasteiger charge is -2.43. The average Bonchev–Trinajstić information content (AvgIpc) is 3.56. The van der Waals surface area contributed by atoms with Crippen LogP contribution in [0.4, 0.5) is 5.69 Å². The van der Waals surface area contributed by atoms with Crippen molar-refractivity contribution in [3.63, 3.8) is 0 Å². The van der Waals surface area contributed by atoms with Crippen molar-refractivity contribution in [3.8, 4) is 0 Å². The zero-order valence-electron chi connectivity index (χ0n) is 21.2. The number of fused-ring (bicyclic) bond motifs is 9. The molecule has 2 aliphatic heterocycles. The molecule has 1 aromatic carbocycles. The molecule has 10 heteroatoms. The molecule has 8 nitrogen and oxygen atoms in total. The van der Waals surface area contributed by atoms with E-state index in [1.54, 1.807) is 11.8 Å². The summed E-state index contributed by atoms with van der Waals surface area (Å²) in [6, 6.07) is 7.26. The van der Waals surface area contributed by atoms with E-state index < -0.39 is 23.8 Å². The minimum Gasteiger partial charge on any atom is -0.480 e. The minimum atomic E-state index is -1.12. The number of carbonyl (C=O) groups excluding carboxylic acids is 2. The van der Waals surface area contributed by atoms with E-state index in [9.17, 15) is 24.3 Å². The van der Waals surface area contributed by atoms with Gasteiger partial charge in [0.1, 0.15) is 6.04 Å². The lowest BCUT2D eigenvalue weighted by atomic mass is 9.68. The number of hydrogen-bond acceptors (Lipinski definition) is 7. The van der Waals surface area contributed by atoms with Crippen molar-refractivity contribution in [1.82, 2.24) is 9.88 Å². The molecule has 1 aromatic heterocycles. The van der Waals surface area contributed by atoms with Crippen molar-refractivity contribution in [1.29, 1.82) is 0 Å². The van der Waals surface area contributed by atoms with Crippen molar-refractivity contribution in [2.75, 3.05) is 19.0 Å². The molecule has 4 aliphatic rings. The molecule has 6 rings (SSSR count). The number of aromatic amines is 1. The molecule has 2 aliphatic carbocycles. The number of imide groups is 1. The predicted molar refractivity (Wildman–Crippen MR) is 142 cm³/mol. The Kier molecular flexibility index (Phi) is 5.83. The lowest BCUT2D eigenvalue weighted by Crippen LogP contribution is -2.47. The van der Waals surface area contributed by atoms with E-state index in [-0.39, 0.29) is 57.9 Å². The van der Waals surface area contributed by atoms with Gasteiger partial charge in [-0.15, -0.1) is 11.8 Å². The molecule has 2 N–H and O–H groups in total. The molecule has 2 amide bonds. The van der Waals surface area contributed by atoms with E-state index >= 15 is 0 Å². The number of rotatable bonds is 6. The van der Waals surface area contributed by atoms with Crippen molar-refractivity contribution in [2.45, 2.75) is 48.9 Å². The van der Waals surface area contributed by atoms with Gasteiger partial charge >= 0.3 is 10.8 Å². The number of carboxylic acids is 1. The maximum absolute atomic E-state index is 13.8. The summed E-state index contributed by atoms with van der Waals surface area (Å²) in [5, 5.41) is 10.9. The molecule has 37 heavy (non-hydrogen) atoms. The van der Waals surface area contributed by atoms with Gasteiger partial charge in [-0.25, -0.2) is 4.79 Å². The van der Waals surface area contributed by atoms with Crippen molar-refractivity contribution in [2.24, 2.45) is 35.5 Å². The number of aromatic nitrogens is 1. The van der Waals surface area contributed by atoms with Crippen LogP contribution in [0.1, 0.15) is 43.0 Å². The molecule has 196 valence electrons. The number of nitrogens with zero attached hydrogens (tertiary/aromatic N) is 2. The Morgan fingerprint density at radius 1 is 1.11 bits per heavy atom. The zero-order valence-corrected chi connectivity index (χ0v) is 22.8. The number of anilines is 1. The number of likely N-dealkylation sites (tertiary alicyclic amines) is 1. The fraction of sp³-hybridized carbons (Fsp3) is 0.556.